The quantitative estimate of drug-likeness (QED) is 0.0878. The number of aromatic amines is 1. The van der Waals surface area contributed by atoms with Gasteiger partial charge in [-0.2, -0.15) is 4.98 Å². The summed E-state index contributed by atoms with van der Waals surface area (Å²) in [5, 5.41) is 11.6. The molecule has 5 fully saturated rings. The van der Waals surface area contributed by atoms with Crippen LogP contribution in [0.2, 0.25) is 0 Å². The van der Waals surface area contributed by atoms with Crippen LogP contribution in [0.5, 0.6) is 0 Å². The molecule has 0 amide bonds. The first kappa shape index (κ1) is 32.2. The maximum Gasteiger partial charge on any atom is 0.472 e. The average molecular weight is 729 g/mol. The number of aliphatic hydroxyl groups excluding tert-OH is 1. The average Bonchev–Trinajstić information content (AvgIpc) is 3.45. The van der Waals surface area contributed by atoms with Crippen LogP contribution in [-0.4, -0.2) is 109 Å². The zero-order chi connectivity index (χ0) is 34.0. The standard InChI is InChI=1S/C24H30N10O11P2S/c1-27-17(25)10-18(28-2)33(7-29-10)12-9-3-23(9)4-41-46(37,38)44-16-14-21(34-8-30-11-19(34)31-22(26)32-20(11)36)43-24(16,5-40-14)6-42-47(39,48)45-15(23)13(12)35/h7-9,12-16,21,35H,2-6H2,1H3,(H2,25,27)(H,37,38)(H,39,48)(H3,26,31,32,36)/t9-,12-,13+,14-,15+,16+,21-,23+,24-,47+/m1/s1. The summed E-state index contributed by atoms with van der Waals surface area (Å²) in [6.45, 7) is -1.92. The number of aliphatic hydroxyl groups is 1. The Morgan fingerprint density at radius 2 is 1.96 bits per heavy atom. The molecular weight excluding hydrogens is 698 g/mol. The molecule has 7 N–H and O–H groups in total. The van der Waals surface area contributed by atoms with E-state index >= 15 is 0 Å². The third-order valence-electron chi connectivity index (χ3n) is 9.70. The van der Waals surface area contributed by atoms with Gasteiger partial charge in [0.15, 0.2) is 23.2 Å². The van der Waals surface area contributed by atoms with Gasteiger partial charge in [-0.15, -0.1) is 0 Å². The van der Waals surface area contributed by atoms with E-state index in [1.807, 2.05) is 0 Å². The zero-order valence-corrected chi connectivity index (χ0v) is 27.6. The number of anilines is 1. The van der Waals surface area contributed by atoms with E-state index in [4.69, 9.17) is 39.0 Å². The van der Waals surface area contributed by atoms with Crippen LogP contribution in [0.4, 0.5) is 11.8 Å². The van der Waals surface area contributed by atoms with Crippen molar-refractivity contribution in [1.29, 1.82) is 0 Å². The largest absolute Gasteiger partial charge is 0.472 e. The summed E-state index contributed by atoms with van der Waals surface area (Å²) in [6, 6.07) is -0.770. The fourth-order valence-electron chi connectivity index (χ4n) is 7.43. The van der Waals surface area contributed by atoms with E-state index < -0.39 is 87.0 Å². The van der Waals surface area contributed by atoms with E-state index in [1.54, 1.807) is 4.57 Å². The summed E-state index contributed by atoms with van der Waals surface area (Å²) < 4.78 is 65.6. The molecule has 8 rings (SSSR count). The lowest BCUT2D eigenvalue weighted by Gasteiger charge is -2.35. The van der Waals surface area contributed by atoms with Gasteiger partial charge in [0.05, 0.1) is 38.5 Å². The normalized spacial score (nSPS) is 42.5. The van der Waals surface area contributed by atoms with Gasteiger partial charge in [-0.05, 0) is 19.1 Å². The molecule has 11 atom stereocenters. The summed E-state index contributed by atoms with van der Waals surface area (Å²) in [7, 11) is -3.41. The number of imidazole rings is 2. The smallest absolute Gasteiger partial charge is 0.388 e. The van der Waals surface area contributed by atoms with Crippen molar-refractivity contribution in [3.63, 3.8) is 0 Å². The van der Waals surface area contributed by atoms with E-state index in [-0.39, 0.29) is 41.1 Å². The van der Waals surface area contributed by atoms with Crippen molar-refractivity contribution in [2.24, 2.45) is 27.1 Å². The van der Waals surface area contributed by atoms with E-state index in [9.17, 15) is 23.9 Å². The van der Waals surface area contributed by atoms with Crippen molar-refractivity contribution < 1.29 is 46.7 Å². The van der Waals surface area contributed by atoms with Crippen molar-refractivity contribution in [2.45, 2.75) is 48.7 Å². The third-order valence-corrected chi connectivity index (χ3v) is 12.2. The maximum atomic E-state index is 13.8. The fourth-order valence-corrected chi connectivity index (χ4v) is 10.0. The number of aliphatic imine (C=N–C) groups is 2. The van der Waals surface area contributed by atoms with Crippen molar-refractivity contribution >= 4 is 62.4 Å². The molecule has 3 saturated heterocycles. The van der Waals surface area contributed by atoms with Crippen LogP contribution in [0.15, 0.2) is 27.4 Å². The van der Waals surface area contributed by atoms with Crippen molar-refractivity contribution in [1.82, 2.24) is 29.1 Å². The van der Waals surface area contributed by atoms with E-state index in [0.717, 1.165) is 0 Å². The summed E-state index contributed by atoms with van der Waals surface area (Å²) in [4.78, 5) is 46.3. The van der Waals surface area contributed by atoms with Crippen LogP contribution in [0.1, 0.15) is 24.4 Å². The summed E-state index contributed by atoms with van der Waals surface area (Å²) in [6.07, 6.45) is -3.10. The highest BCUT2D eigenvalue weighted by Crippen LogP contribution is 2.73. The lowest BCUT2D eigenvalue weighted by molar-refractivity contribution is -0.183. The Bertz CT molecular complexity index is 2040. The fraction of sp³-hybridized carbons (Fsp3) is 0.583. The van der Waals surface area contributed by atoms with Crippen LogP contribution in [0.25, 0.3) is 11.2 Å². The van der Waals surface area contributed by atoms with Gasteiger partial charge in [-0.3, -0.25) is 37.4 Å². The molecule has 2 saturated carbocycles. The van der Waals surface area contributed by atoms with Gasteiger partial charge in [0.25, 0.3) is 5.56 Å². The van der Waals surface area contributed by atoms with Crippen LogP contribution >= 0.6 is 26.9 Å². The van der Waals surface area contributed by atoms with E-state index in [2.05, 4.69) is 48.9 Å². The molecular formula is C24H30N10O11P2S. The topological polar surface area (TPSA) is 288 Å². The van der Waals surface area contributed by atoms with E-state index in [1.165, 1.54) is 24.3 Å². The number of H-pyrrole nitrogens is 1. The predicted octanol–water partition coefficient (Wildman–Crippen LogP) is -0.190. The van der Waals surface area contributed by atoms with Gasteiger partial charge in [-0.1, -0.05) is 12.2 Å². The molecule has 258 valence electrons. The number of phosphoric acid groups is 1. The minimum absolute atomic E-state index is 0.0415. The highest BCUT2D eigenvalue weighted by atomic mass is 32.7. The first-order valence-corrected chi connectivity index (χ1v) is 18.7. The third kappa shape index (κ3) is 4.70. The molecule has 2 aliphatic carbocycles. The highest BCUT2D eigenvalue weighted by molar-refractivity contribution is 8.44. The number of amidine groups is 1. The summed E-state index contributed by atoms with van der Waals surface area (Å²) in [5.41, 5.74) is 8.63. The van der Waals surface area contributed by atoms with Gasteiger partial charge >= 0.3 is 14.6 Å². The van der Waals surface area contributed by atoms with Gasteiger partial charge in [0, 0.05) is 12.5 Å². The van der Waals surface area contributed by atoms with Gasteiger partial charge in [0.2, 0.25) is 5.95 Å². The zero-order valence-electron chi connectivity index (χ0n) is 24.9. The molecule has 21 nitrogen and oxygen atoms in total. The number of phosphoric ester groups is 1. The molecule has 48 heavy (non-hydrogen) atoms. The second-order valence-electron chi connectivity index (χ2n) is 12.3. The summed E-state index contributed by atoms with van der Waals surface area (Å²) in [5.74, 6) is -0.290. The van der Waals surface area contributed by atoms with E-state index in [0.29, 0.717) is 6.42 Å². The Kier molecular flexibility index (Phi) is 7.21. The minimum Gasteiger partial charge on any atom is -0.388 e. The van der Waals surface area contributed by atoms with Crippen molar-refractivity contribution in [3.05, 3.63) is 28.7 Å². The molecule has 5 aliphatic rings. The molecule has 0 aromatic carbocycles. The molecule has 1 spiro atoms. The van der Waals surface area contributed by atoms with Crippen LogP contribution in [0, 0.1) is 11.3 Å². The van der Waals surface area contributed by atoms with Gasteiger partial charge < -0.3 is 35.5 Å². The first-order valence-electron chi connectivity index (χ1n) is 14.5. The number of nitrogens with zero attached hydrogens (tertiary/aromatic N) is 7. The Balaban J connectivity index is 1.12. The number of nitrogens with two attached hydrogens (primary N) is 2. The SMILES string of the molecule is C=Nc1c(/C(N)=N\C)ncn1[C@H]1[C@H](O)[C@@H]2O[P@@](=O)(S)OC[C@@]34CO[C@@H]([C@H](n5cnc6c(=O)[nH]c(N)nc65)O3)[C@@H]4OP(=O)(O)OC[C@]23C[C@H]13. The Labute approximate surface area is 275 Å². The predicted molar refractivity (Wildman–Crippen MR) is 167 cm³/mol. The van der Waals surface area contributed by atoms with Gasteiger partial charge in [-0.25, -0.2) is 24.1 Å². The Hall–Kier alpha value is -3.01. The Morgan fingerprint density at radius 1 is 1.19 bits per heavy atom. The highest BCUT2D eigenvalue weighted by Gasteiger charge is 2.74. The lowest BCUT2D eigenvalue weighted by atomic mass is 10.0. The second-order valence-corrected chi connectivity index (χ2v) is 16.6. The minimum atomic E-state index is -4.89. The molecule has 1 unspecified atom stereocenters. The lowest BCUT2D eigenvalue weighted by Crippen LogP contribution is -2.46. The van der Waals surface area contributed by atoms with Crippen LogP contribution in [0.3, 0.4) is 0 Å². The maximum absolute atomic E-state index is 13.8. The number of nitrogen functional groups attached to an aromatic ring is 1. The van der Waals surface area contributed by atoms with Crippen molar-refractivity contribution in [2.75, 3.05) is 32.6 Å². The number of ether oxygens (including phenoxy) is 2. The number of fused-ring (bicyclic) bond motifs is 1. The monoisotopic (exact) mass is 728 g/mol. The van der Waals surface area contributed by atoms with Crippen LogP contribution in [-0.2, 0) is 36.7 Å². The molecule has 2 bridgehead atoms. The number of nitrogens with one attached hydrogen (secondary N) is 1. The molecule has 3 aliphatic heterocycles. The number of hydrogen-bond acceptors (Lipinski definition) is 16. The number of thiol groups is 1. The first-order chi connectivity index (χ1) is 22.7. The summed E-state index contributed by atoms with van der Waals surface area (Å²) >= 11 is 4.22. The van der Waals surface area contributed by atoms with Crippen molar-refractivity contribution in [3.8, 4) is 0 Å². The molecule has 24 heteroatoms. The molecule has 6 heterocycles. The number of aromatic nitrogens is 6. The molecule has 0 radical (unpaired) electrons. The molecule has 3 aromatic heterocycles. The Morgan fingerprint density at radius 3 is 2.71 bits per heavy atom. The molecule has 3 aromatic rings. The second kappa shape index (κ2) is 10.7. The number of hydrogen-bond donors (Lipinski definition) is 6. The van der Waals surface area contributed by atoms with Gasteiger partial charge in [0.1, 0.15) is 41.5 Å². The number of rotatable bonds is 4. The van der Waals surface area contributed by atoms with Crippen LogP contribution < -0.4 is 17.0 Å².